The minimum Gasteiger partial charge on any atom is -0.457 e. The second-order valence-corrected chi connectivity index (χ2v) is 13.5. The molecule has 48 heavy (non-hydrogen) atoms. The number of rotatable bonds is 4. The first-order valence-electron chi connectivity index (χ1n) is 16.3. The molecular formula is C45H28O2S. The van der Waals surface area contributed by atoms with Crippen molar-refractivity contribution in [1.82, 2.24) is 0 Å². The average Bonchev–Trinajstić information content (AvgIpc) is 3.80. The summed E-state index contributed by atoms with van der Waals surface area (Å²) >= 11 is 1.80. The van der Waals surface area contributed by atoms with E-state index < -0.39 is 5.41 Å². The van der Waals surface area contributed by atoms with E-state index in [0.29, 0.717) is 0 Å². The quantitative estimate of drug-likeness (QED) is 0.193. The standard InChI is InChI=1S/C45H28O2S/c1-3-13-31(14-4-1)45(32-15-5-2-6-16-32)35-19-9-10-20-37(35)46-40-28-30(22-24-36(40)45)41-26-27-42(48-41)34-18-11-21-38-44(34)43-33-17-8-7-12-29(33)23-25-39(43)47-38/h1-28H. The summed E-state index contributed by atoms with van der Waals surface area (Å²) in [5, 5.41) is 4.77. The molecule has 0 fully saturated rings. The zero-order valence-corrected chi connectivity index (χ0v) is 26.7. The van der Waals surface area contributed by atoms with Crippen LogP contribution >= 0.6 is 11.3 Å². The summed E-state index contributed by atoms with van der Waals surface area (Å²) in [6, 6.07) is 60.5. The van der Waals surface area contributed by atoms with E-state index in [2.05, 4.69) is 170 Å². The van der Waals surface area contributed by atoms with Gasteiger partial charge in [-0.1, -0.05) is 133 Å². The van der Waals surface area contributed by atoms with Crippen LogP contribution in [0.4, 0.5) is 0 Å². The molecule has 10 rings (SSSR count). The van der Waals surface area contributed by atoms with Gasteiger partial charge in [0.25, 0.3) is 0 Å². The van der Waals surface area contributed by atoms with Gasteiger partial charge in [-0.15, -0.1) is 11.3 Å². The van der Waals surface area contributed by atoms with Gasteiger partial charge in [0.15, 0.2) is 0 Å². The van der Waals surface area contributed by atoms with E-state index in [4.69, 9.17) is 9.15 Å². The van der Waals surface area contributed by atoms with Gasteiger partial charge in [-0.2, -0.15) is 0 Å². The molecule has 0 spiro atoms. The minimum absolute atomic E-state index is 0.521. The fourth-order valence-corrected chi connectivity index (χ4v) is 8.83. The fraction of sp³-hybridized carbons (Fsp3) is 0.0222. The van der Waals surface area contributed by atoms with Crippen LogP contribution in [0.2, 0.25) is 0 Å². The van der Waals surface area contributed by atoms with Crippen molar-refractivity contribution in [3.05, 3.63) is 192 Å². The molecule has 1 aliphatic rings. The molecule has 9 aromatic rings. The third-order valence-electron chi connectivity index (χ3n) is 9.85. The molecule has 2 aromatic heterocycles. The minimum atomic E-state index is -0.521. The zero-order chi connectivity index (χ0) is 31.7. The first-order chi connectivity index (χ1) is 23.8. The van der Waals surface area contributed by atoms with Crippen molar-refractivity contribution >= 4 is 44.0 Å². The lowest BCUT2D eigenvalue weighted by atomic mass is 9.63. The Balaban J connectivity index is 1.15. The number of ether oxygens (including phenoxy) is 1. The van der Waals surface area contributed by atoms with Crippen molar-refractivity contribution < 1.29 is 9.15 Å². The van der Waals surface area contributed by atoms with Crippen LogP contribution < -0.4 is 4.74 Å². The number of para-hydroxylation sites is 1. The Bertz CT molecular complexity index is 2610. The van der Waals surface area contributed by atoms with Gasteiger partial charge in [-0.25, -0.2) is 0 Å². The topological polar surface area (TPSA) is 22.4 Å². The first kappa shape index (κ1) is 27.2. The van der Waals surface area contributed by atoms with Crippen LogP contribution in [0.25, 0.3) is 53.6 Å². The Kier molecular flexibility index (Phi) is 5.99. The van der Waals surface area contributed by atoms with Crippen molar-refractivity contribution in [2.24, 2.45) is 0 Å². The molecule has 7 aromatic carbocycles. The Morgan fingerprint density at radius 3 is 1.98 bits per heavy atom. The summed E-state index contributed by atoms with van der Waals surface area (Å²) in [5.41, 5.74) is 8.35. The molecule has 0 saturated carbocycles. The number of fused-ring (bicyclic) bond motifs is 7. The van der Waals surface area contributed by atoms with E-state index in [1.165, 1.54) is 48.0 Å². The summed E-state index contributed by atoms with van der Waals surface area (Å²) in [5.74, 6) is 1.76. The van der Waals surface area contributed by atoms with Crippen molar-refractivity contribution in [2.75, 3.05) is 0 Å². The highest BCUT2D eigenvalue weighted by atomic mass is 32.1. The molecule has 0 amide bonds. The van der Waals surface area contributed by atoms with Gasteiger partial charge >= 0.3 is 0 Å². The zero-order valence-electron chi connectivity index (χ0n) is 25.9. The van der Waals surface area contributed by atoms with Gasteiger partial charge in [0.05, 0.1) is 5.41 Å². The van der Waals surface area contributed by atoms with Gasteiger partial charge in [0.2, 0.25) is 0 Å². The summed E-state index contributed by atoms with van der Waals surface area (Å²) in [7, 11) is 0. The largest absolute Gasteiger partial charge is 0.457 e. The lowest BCUT2D eigenvalue weighted by Gasteiger charge is -2.41. The van der Waals surface area contributed by atoms with Gasteiger partial charge in [-0.3, -0.25) is 0 Å². The molecule has 0 unspecified atom stereocenters. The second-order valence-electron chi connectivity index (χ2n) is 12.4. The van der Waals surface area contributed by atoms with Crippen LogP contribution in [0, 0.1) is 0 Å². The summed E-state index contributed by atoms with van der Waals surface area (Å²) in [6.07, 6.45) is 0. The molecule has 226 valence electrons. The summed E-state index contributed by atoms with van der Waals surface area (Å²) < 4.78 is 13.1. The second kappa shape index (κ2) is 10.6. The number of thiophene rings is 1. The normalized spacial score (nSPS) is 13.3. The van der Waals surface area contributed by atoms with Gasteiger partial charge in [0, 0.05) is 37.2 Å². The van der Waals surface area contributed by atoms with Crippen LogP contribution in [0.1, 0.15) is 22.3 Å². The smallest absolute Gasteiger partial charge is 0.136 e. The SMILES string of the molecule is c1ccc(C2(c3ccccc3)c3ccccc3Oc3cc(-c4ccc(-c5cccc6oc7ccc8ccccc8c7c56)s4)ccc32)cc1. The molecule has 0 N–H and O–H groups in total. The van der Waals surface area contributed by atoms with Gasteiger partial charge in [-0.05, 0) is 63.9 Å². The molecule has 0 bridgehead atoms. The van der Waals surface area contributed by atoms with E-state index in [9.17, 15) is 0 Å². The molecule has 0 radical (unpaired) electrons. The van der Waals surface area contributed by atoms with Gasteiger partial charge < -0.3 is 9.15 Å². The molecule has 0 aliphatic carbocycles. The van der Waals surface area contributed by atoms with E-state index >= 15 is 0 Å². The van der Waals surface area contributed by atoms with Gasteiger partial charge in [0.1, 0.15) is 22.7 Å². The number of furan rings is 1. The third-order valence-corrected chi connectivity index (χ3v) is 11.0. The maximum atomic E-state index is 6.76. The van der Waals surface area contributed by atoms with Crippen LogP contribution in [0.15, 0.2) is 174 Å². The Morgan fingerprint density at radius 1 is 0.458 bits per heavy atom. The monoisotopic (exact) mass is 632 g/mol. The highest BCUT2D eigenvalue weighted by Crippen LogP contribution is 2.56. The predicted octanol–water partition coefficient (Wildman–Crippen LogP) is 12.6. The number of hydrogen-bond donors (Lipinski definition) is 0. The summed E-state index contributed by atoms with van der Waals surface area (Å²) in [4.78, 5) is 2.40. The molecule has 0 atom stereocenters. The number of benzene rings is 7. The van der Waals surface area contributed by atoms with Crippen LogP contribution in [-0.4, -0.2) is 0 Å². The van der Waals surface area contributed by atoms with Crippen molar-refractivity contribution in [1.29, 1.82) is 0 Å². The maximum absolute atomic E-state index is 6.76. The fourth-order valence-electron chi connectivity index (χ4n) is 7.79. The Labute approximate surface area is 282 Å². The van der Waals surface area contributed by atoms with Crippen molar-refractivity contribution in [2.45, 2.75) is 5.41 Å². The van der Waals surface area contributed by atoms with E-state index in [1.54, 1.807) is 11.3 Å². The van der Waals surface area contributed by atoms with Crippen LogP contribution in [0.5, 0.6) is 11.5 Å². The first-order valence-corrected chi connectivity index (χ1v) is 17.1. The van der Waals surface area contributed by atoms with Crippen LogP contribution in [-0.2, 0) is 5.41 Å². The maximum Gasteiger partial charge on any atom is 0.136 e. The highest BCUT2D eigenvalue weighted by molar-refractivity contribution is 7.19. The lowest BCUT2D eigenvalue weighted by Crippen LogP contribution is -2.34. The molecule has 0 saturated heterocycles. The average molecular weight is 633 g/mol. The molecule has 2 nitrogen and oxygen atoms in total. The number of hydrogen-bond acceptors (Lipinski definition) is 3. The third kappa shape index (κ3) is 3.92. The van der Waals surface area contributed by atoms with Crippen molar-refractivity contribution in [3.8, 4) is 32.4 Å². The molecule has 3 heterocycles. The van der Waals surface area contributed by atoms with Crippen molar-refractivity contribution in [3.63, 3.8) is 0 Å². The lowest BCUT2D eigenvalue weighted by molar-refractivity contribution is 0.435. The van der Waals surface area contributed by atoms with Crippen LogP contribution in [0.3, 0.4) is 0 Å². The predicted molar refractivity (Wildman–Crippen MR) is 198 cm³/mol. The Hall–Kier alpha value is -5.90. The summed E-state index contributed by atoms with van der Waals surface area (Å²) in [6.45, 7) is 0. The highest BCUT2D eigenvalue weighted by Gasteiger charge is 2.45. The molecule has 1 aliphatic heterocycles. The molecule has 3 heteroatoms. The molecular weight excluding hydrogens is 605 g/mol. The van der Waals surface area contributed by atoms with E-state index in [1.807, 2.05) is 0 Å². The Morgan fingerprint density at radius 2 is 1.15 bits per heavy atom. The van der Waals surface area contributed by atoms with E-state index in [0.717, 1.165) is 39.4 Å². The van der Waals surface area contributed by atoms with E-state index in [-0.39, 0.29) is 0 Å².